The Morgan fingerprint density at radius 2 is 1.47 bits per heavy atom. The second kappa shape index (κ2) is 9.43. The zero-order valence-electron chi connectivity index (χ0n) is 18.5. The van der Waals surface area contributed by atoms with Crippen molar-refractivity contribution in [3.8, 4) is 11.5 Å². The van der Waals surface area contributed by atoms with E-state index in [9.17, 15) is 0 Å². The molecule has 166 valence electrons. The summed E-state index contributed by atoms with van der Waals surface area (Å²) in [6.07, 6.45) is 0.0206. The van der Waals surface area contributed by atoms with Crippen LogP contribution in [0.15, 0.2) is 71.7 Å². The highest BCUT2D eigenvalue weighted by molar-refractivity contribution is 6.30. The van der Waals surface area contributed by atoms with Crippen LogP contribution in [-0.4, -0.2) is 31.0 Å². The molecule has 1 aliphatic rings. The van der Waals surface area contributed by atoms with Crippen molar-refractivity contribution in [2.45, 2.75) is 32.0 Å². The van der Waals surface area contributed by atoms with Gasteiger partial charge >= 0.3 is 0 Å². The summed E-state index contributed by atoms with van der Waals surface area (Å²) in [5.74, 6) is 2.36. The first kappa shape index (κ1) is 22.5. The van der Waals surface area contributed by atoms with Gasteiger partial charge in [-0.2, -0.15) is 0 Å². The molecule has 0 saturated heterocycles. The number of hydrogen-bond acceptors (Lipinski definition) is 4. The van der Waals surface area contributed by atoms with Crippen molar-refractivity contribution in [2.24, 2.45) is 4.99 Å². The fraction of sp³-hybridized carbons (Fsp3) is 0.269. The fourth-order valence-electron chi connectivity index (χ4n) is 4.04. The summed E-state index contributed by atoms with van der Waals surface area (Å²) < 4.78 is 11.6. The van der Waals surface area contributed by atoms with E-state index in [-0.39, 0.29) is 18.2 Å². The normalized spacial score (nSPS) is 18.1. The molecule has 0 radical (unpaired) electrons. The highest BCUT2D eigenvalue weighted by Gasteiger charge is 2.37. The Bertz CT molecular complexity index is 1110. The van der Waals surface area contributed by atoms with E-state index in [1.165, 1.54) is 0 Å². The molecular formula is C26H26Cl2N2O2. The monoisotopic (exact) mass is 468 g/mol. The smallest absolute Gasteiger partial charge is 0.135 e. The van der Waals surface area contributed by atoms with Gasteiger partial charge in [-0.1, -0.05) is 47.5 Å². The predicted octanol–water partition coefficient (Wildman–Crippen LogP) is 6.96. The van der Waals surface area contributed by atoms with Gasteiger partial charge in [0, 0.05) is 23.2 Å². The van der Waals surface area contributed by atoms with Gasteiger partial charge < -0.3 is 14.4 Å². The van der Waals surface area contributed by atoms with Gasteiger partial charge in [0.15, 0.2) is 0 Å². The van der Waals surface area contributed by atoms with Crippen molar-refractivity contribution >= 4 is 29.0 Å². The third-order valence-electron chi connectivity index (χ3n) is 5.53. The van der Waals surface area contributed by atoms with Crippen LogP contribution in [0.1, 0.15) is 42.6 Å². The molecule has 1 aliphatic heterocycles. The Kier molecular flexibility index (Phi) is 6.63. The molecule has 0 fully saturated rings. The van der Waals surface area contributed by atoms with E-state index in [2.05, 4.69) is 24.1 Å². The molecule has 1 heterocycles. The van der Waals surface area contributed by atoms with Crippen LogP contribution in [0.5, 0.6) is 11.5 Å². The van der Waals surface area contributed by atoms with Crippen LogP contribution in [0.25, 0.3) is 0 Å². The molecule has 3 aromatic carbocycles. The van der Waals surface area contributed by atoms with Crippen LogP contribution in [0.4, 0.5) is 0 Å². The first-order valence-electron chi connectivity index (χ1n) is 10.5. The second-order valence-corrected chi connectivity index (χ2v) is 8.96. The topological polar surface area (TPSA) is 34.1 Å². The van der Waals surface area contributed by atoms with Crippen LogP contribution in [-0.2, 0) is 0 Å². The number of amidine groups is 1. The maximum Gasteiger partial charge on any atom is 0.135 e. The van der Waals surface area contributed by atoms with Crippen molar-refractivity contribution in [3.05, 3.63) is 93.5 Å². The van der Waals surface area contributed by atoms with Crippen LogP contribution in [0.3, 0.4) is 0 Å². The summed E-state index contributed by atoms with van der Waals surface area (Å²) in [6.45, 7) is 4.02. The predicted molar refractivity (Wildman–Crippen MR) is 131 cm³/mol. The number of methoxy groups -OCH3 is 1. The van der Waals surface area contributed by atoms with Gasteiger partial charge in [-0.05, 0) is 61.4 Å². The second-order valence-electron chi connectivity index (χ2n) is 8.09. The third kappa shape index (κ3) is 4.57. The van der Waals surface area contributed by atoms with E-state index >= 15 is 0 Å². The largest absolute Gasteiger partial charge is 0.497 e. The van der Waals surface area contributed by atoms with E-state index in [1.54, 1.807) is 7.11 Å². The molecule has 0 bridgehead atoms. The molecule has 0 aromatic heterocycles. The van der Waals surface area contributed by atoms with Gasteiger partial charge in [-0.15, -0.1) is 0 Å². The molecule has 32 heavy (non-hydrogen) atoms. The van der Waals surface area contributed by atoms with Crippen molar-refractivity contribution < 1.29 is 9.47 Å². The Hall–Kier alpha value is -2.69. The molecule has 3 aromatic rings. The van der Waals surface area contributed by atoms with E-state index in [0.717, 1.165) is 34.0 Å². The molecule has 4 nitrogen and oxygen atoms in total. The Morgan fingerprint density at radius 3 is 2.03 bits per heavy atom. The summed E-state index contributed by atoms with van der Waals surface area (Å²) in [5, 5.41) is 1.41. The molecule has 6 heteroatoms. The number of nitrogens with zero attached hydrogens (tertiary/aromatic N) is 2. The first-order chi connectivity index (χ1) is 15.4. The van der Waals surface area contributed by atoms with E-state index in [4.69, 9.17) is 37.7 Å². The minimum Gasteiger partial charge on any atom is -0.497 e. The zero-order chi connectivity index (χ0) is 22.8. The Labute approximate surface area is 199 Å². The highest BCUT2D eigenvalue weighted by Crippen LogP contribution is 2.44. The number of likely N-dealkylation sites (N-methyl/N-ethyl adjacent to an activating group) is 1. The van der Waals surface area contributed by atoms with Crippen LogP contribution < -0.4 is 9.47 Å². The lowest BCUT2D eigenvalue weighted by atomic mass is 9.94. The van der Waals surface area contributed by atoms with Crippen LogP contribution in [0, 0.1) is 0 Å². The number of halogens is 2. The summed E-state index contributed by atoms with van der Waals surface area (Å²) in [4.78, 5) is 7.39. The van der Waals surface area contributed by atoms with E-state index in [0.29, 0.717) is 10.0 Å². The number of benzene rings is 3. The molecule has 0 spiro atoms. The average Bonchev–Trinajstić information content (AvgIpc) is 3.11. The van der Waals surface area contributed by atoms with Gasteiger partial charge in [-0.3, -0.25) is 4.99 Å². The molecule has 2 unspecified atom stereocenters. The molecule has 0 N–H and O–H groups in total. The lowest BCUT2D eigenvalue weighted by molar-refractivity contribution is 0.240. The maximum atomic E-state index is 6.16. The SMILES string of the molecule is COc1ccc(C2=NC(c3ccc(Cl)cc3)C(c3ccc(Cl)cc3)N2C)c(OC(C)C)c1. The lowest BCUT2D eigenvalue weighted by Crippen LogP contribution is -2.28. The minimum atomic E-state index is -0.109. The van der Waals surface area contributed by atoms with Gasteiger partial charge in [0.05, 0.1) is 24.8 Å². The average molecular weight is 469 g/mol. The number of hydrogen-bond donors (Lipinski definition) is 0. The standard InChI is InChI=1S/C26H26Cl2N2O2/c1-16(2)32-23-15-21(31-4)13-14-22(23)26-29-24(17-5-9-19(27)10-6-17)25(30(26)3)18-7-11-20(28)12-8-18/h5-16,24-25H,1-4H3. The van der Waals surface area contributed by atoms with E-state index in [1.807, 2.05) is 68.4 Å². The number of rotatable bonds is 6. The van der Waals surface area contributed by atoms with Gasteiger partial charge in [0.25, 0.3) is 0 Å². The highest BCUT2D eigenvalue weighted by atomic mass is 35.5. The quantitative estimate of drug-likeness (QED) is 0.391. The van der Waals surface area contributed by atoms with Gasteiger partial charge in [-0.25, -0.2) is 0 Å². The molecule has 0 aliphatic carbocycles. The zero-order valence-corrected chi connectivity index (χ0v) is 20.1. The summed E-state index contributed by atoms with van der Waals surface area (Å²) >= 11 is 12.3. The van der Waals surface area contributed by atoms with Crippen molar-refractivity contribution in [2.75, 3.05) is 14.2 Å². The maximum absolute atomic E-state index is 6.16. The fourth-order valence-corrected chi connectivity index (χ4v) is 4.30. The third-order valence-corrected chi connectivity index (χ3v) is 6.03. The Morgan fingerprint density at radius 1 is 0.875 bits per heavy atom. The molecule has 0 saturated carbocycles. The van der Waals surface area contributed by atoms with Crippen molar-refractivity contribution in [1.82, 2.24) is 4.90 Å². The van der Waals surface area contributed by atoms with E-state index < -0.39 is 0 Å². The lowest BCUT2D eigenvalue weighted by Gasteiger charge is -2.28. The van der Waals surface area contributed by atoms with Crippen LogP contribution >= 0.6 is 23.2 Å². The van der Waals surface area contributed by atoms with Crippen molar-refractivity contribution in [3.63, 3.8) is 0 Å². The summed E-state index contributed by atoms with van der Waals surface area (Å²) in [6, 6.07) is 21.6. The molecule has 2 atom stereocenters. The summed E-state index contributed by atoms with van der Waals surface area (Å²) in [7, 11) is 3.72. The first-order valence-corrected chi connectivity index (χ1v) is 11.3. The van der Waals surface area contributed by atoms with Gasteiger partial charge in [0.1, 0.15) is 23.4 Å². The Balaban J connectivity index is 1.83. The van der Waals surface area contributed by atoms with Gasteiger partial charge in [0.2, 0.25) is 0 Å². The molecule has 0 amide bonds. The number of aliphatic imine (C=N–C) groups is 1. The molecule has 4 rings (SSSR count). The summed E-state index contributed by atoms with van der Waals surface area (Å²) in [5.41, 5.74) is 3.16. The minimum absolute atomic E-state index is 0.00237. The number of ether oxygens (including phenoxy) is 2. The van der Waals surface area contributed by atoms with Crippen LogP contribution in [0.2, 0.25) is 10.0 Å². The molecular weight excluding hydrogens is 443 g/mol. The van der Waals surface area contributed by atoms with Crippen molar-refractivity contribution in [1.29, 1.82) is 0 Å².